The van der Waals surface area contributed by atoms with E-state index < -0.39 is 70.4 Å². The Morgan fingerprint density at radius 2 is 1.74 bits per heavy atom. The van der Waals surface area contributed by atoms with Gasteiger partial charge in [-0.15, -0.1) is 0 Å². The van der Waals surface area contributed by atoms with Crippen LogP contribution < -0.4 is 5.73 Å². The molecule has 1 amide bonds. The van der Waals surface area contributed by atoms with E-state index in [0.29, 0.717) is 5.56 Å². The number of fused-ring (bicyclic) bond motifs is 3. The predicted octanol–water partition coefficient (Wildman–Crippen LogP) is 0.381. The maximum absolute atomic E-state index is 13.6. The Morgan fingerprint density at radius 3 is 2.32 bits per heavy atom. The Kier molecular flexibility index (Phi) is 4.71. The molecule has 9 nitrogen and oxygen atoms in total. The predicted molar refractivity (Wildman–Crippen MR) is 109 cm³/mol. The number of ketones is 2. The number of aromatic hydroxyl groups is 1. The van der Waals surface area contributed by atoms with Crippen LogP contribution in [0.3, 0.4) is 0 Å². The van der Waals surface area contributed by atoms with E-state index in [-0.39, 0.29) is 16.9 Å². The maximum Gasteiger partial charge on any atom is 0.255 e. The number of carbonyl (C=O) groups excluding carboxylic acids is 3. The van der Waals surface area contributed by atoms with Crippen molar-refractivity contribution in [3.05, 3.63) is 46.2 Å². The van der Waals surface area contributed by atoms with Crippen molar-refractivity contribution in [1.29, 1.82) is 0 Å². The molecule has 0 spiro atoms. The molecule has 3 aliphatic carbocycles. The van der Waals surface area contributed by atoms with Gasteiger partial charge < -0.3 is 26.2 Å². The summed E-state index contributed by atoms with van der Waals surface area (Å²) in [6.07, 6.45) is -1.31. The minimum atomic E-state index is -1.51. The van der Waals surface area contributed by atoms with Crippen LogP contribution in [0.1, 0.15) is 24.0 Å². The molecule has 6 atom stereocenters. The van der Waals surface area contributed by atoms with Crippen molar-refractivity contribution in [1.82, 2.24) is 4.90 Å². The van der Waals surface area contributed by atoms with E-state index in [2.05, 4.69) is 0 Å². The summed E-state index contributed by atoms with van der Waals surface area (Å²) in [4.78, 5) is 40.1. The third kappa shape index (κ3) is 2.66. The van der Waals surface area contributed by atoms with Crippen LogP contribution in [-0.2, 0) is 14.4 Å². The van der Waals surface area contributed by atoms with Gasteiger partial charge in [-0.2, -0.15) is 0 Å². The van der Waals surface area contributed by atoms with Gasteiger partial charge in [0.1, 0.15) is 22.8 Å². The zero-order valence-corrected chi connectivity index (χ0v) is 17.2. The quantitative estimate of drug-likeness (QED) is 0.334. The molecule has 1 aromatic carbocycles. The summed E-state index contributed by atoms with van der Waals surface area (Å²) in [5.74, 6) is -8.11. The van der Waals surface area contributed by atoms with Crippen LogP contribution in [0.5, 0.6) is 5.75 Å². The Labute approximate surface area is 178 Å². The molecular formula is C22H24N2O7. The second kappa shape index (κ2) is 6.93. The van der Waals surface area contributed by atoms with E-state index in [9.17, 15) is 34.8 Å². The van der Waals surface area contributed by atoms with Crippen molar-refractivity contribution in [2.24, 2.45) is 23.5 Å². The lowest BCUT2D eigenvalue weighted by atomic mass is 9.56. The zero-order chi connectivity index (χ0) is 22.9. The first-order valence-corrected chi connectivity index (χ1v) is 9.91. The van der Waals surface area contributed by atoms with Gasteiger partial charge in [-0.3, -0.25) is 19.3 Å². The number of aliphatic hydroxyl groups excluding tert-OH is 3. The number of phenols is 1. The number of carbonyl (C=O) groups is 3. The second-order valence-electron chi connectivity index (χ2n) is 8.63. The topological polar surface area (TPSA) is 161 Å². The van der Waals surface area contributed by atoms with Gasteiger partial charge in [-0.05, 0) is 31.6 Å². The summed E-state index contributed by atoms with van der Waals surface area (Å²) >= 11 is 0. The molecule has 0 aromatic heterocycles. The smallest absolute Gasteiger partial charge is 0.255 e. The minimum absolute atomic E-state index is 0.0844. The fourth-order valence-corrected chi connectivity index (χ4v) is 5.57. The van der Waals surface area contributed by atoms with Crippen LogP contribution in [0, 0.1) is 17.8 Å². The number of aliphatic hydroxyl groups is 3. The molecule has 1 aromatic rings. The number of nitrogens with two attached hydrogens (primary N) is 1. The number of primary amides is 1. The van der Waals surface area contributed by atoms with E-state index in [1.165, 1.54) is 11.0 Å². The van der Waals surface area contributed by atoms with Crippen LogP contribution in [0.4, 0.5) is 0 Å². The zero-order valence-electron chi connectivity index (χ0n) is 17.2. The van der Waals surface area contributed by atoms with Gasteiger partial charge in [0.05, 0.1) is 23.6 Å². The number of hydrogen-bond donors (Lipinski definition) is 5. The van der Waals surface area contributed by atoms with Crippen LogP contribution in [0.2, 0.25) is 0 Å². The van der Waals surface area contributed by atoms with Crippen molar-refractivity contribution in [3.63, 3.8) is 0 Å². The van der Waals surface area contributed by atoms with Crippen molar-refractivity contribution in [3.8, 4) is 5.75 Å². The lowest BCUT2D eigenvalue weighted by molar-refractivity contribution is -0.143. The highest BCUT2D eigenvalue weighted by Crippen LogP contribution is 2.54. The maximum atomic E-state index is 13.6. The summed E-state index contributed by atoms with van der Waals surface area (Å²) in [5.41, 5.74) is 5.11. The van der Waals surface area contributed by atoms with E-state index in [1.54, 1.807) is 33.2 Å². The standard InChI is InChI=1S/C22H24N2O7/c1-7-8-5-4-6-9(25)11(8)18(27)13-10(7)17(26)12-14(19(13)28)20(29)15(22(23)31)21(30)16(12)24(2)3/h4-7,10,12,14,16-17,25-27,30H,1-3H3,(H2,23,31)/t7-,10?,12-,14?,16-,17+/m0/s1. The monoisotopic (exact) mass is 428 g/mol. The SMILES string of the molecule is C[C@H]1c2cccc(O)c2C(O)=C2C(=O)C3C(=O)C(C(N)=O)=C(O)[C@@H](N(C)C)[C@H]3[C@H](O)C21. The van der Waals surface area contributed by atoms with Gasteiger partial charge in [0, 0.05) is 17.4 Å². The minimum Gasteiger partial charge on any atom is -0.510 e. The Bertz CT molecular complexity index is 1090. The van der Waals surface area contributed by atoms with Crippen molar-refractivity contribution >= 4 is 23.2 Å². The van der Waals surface area contributed by atoms with Crippen LogP contribution in [0.15, 0.2) is 35.1 Å². The molecule has 1 fully saturated rings. The van der Waals surface area contributed by atoms with Crippen LogP contribution >= 0.6 is 0 Å². The number of nitrogens with zero attached hydrogens (tertiary/aromatic N) is 1. The molecule has 0 heterocycles. The molecule has 0 saturated heterocycles. The summed E-state index contributed by atoms with van der Waals surface area (Å²) in [6, 6.07) is 3.65. The van der Waals surface area contributed by atoms with Gasteiger partial charge in [0.25, 0.3) is 5.91 Å². The molecule has 31 heavy (non-hydrogen) atoms. The first-order valence-electron chi connectivity index (χ1n) is 9.91. The lowest BCUT2D eigenvalue weighted by Crippen LogP contribution is -2.61. The summed E-state index contributed by atoms with van der Waals surface area (Å²) in [5, 5.41) is 43.3. The van der Waals surface area contributed by atoms with Crippen LogP contribution in [0.25, 0.3) is 5.76 Å². The number of phenolic OH excluding ortho intramolecular Hbond substituents is 1. The Hall–Kier alpha value is -3.17. The lowest BCUT2D eigenvalue weighted by Gasteiger charge is -2.50. The molecule has 3 aliphatic rings. The highest BCUT2D eigenvalue weighted by Gasteiger charge is 2.60. The molecular weight excluding hydrogens is 404 g/mol. The third-order valence-electron chi connectivity index (χ3n) is 6.86. The summed E-state index contributed by atoms with van der Waals surface area (Å²) in [6.45, 7) is 1.76. The number of Topliss-reactive ketones (excluding diaryl/α,β-unsaturated/α-hetero) is 2. The highest BCUT2D eigenvalue weighted by atomic mass is 16.3. The molecule has 0 bridgehead atoms. The summed E-state index contributed by atoms with van der Waals surface area (Å²) < 4.78 is 0. The number of benzene rings is 1. The third-order valence-corrected chi connectivity index (χ3v) is 6.86. The van der Waals surface area contributed by atoms with Crippen LogP contribution in [-0.4, -0.2) is 69.0 Å². The molecule has 2 unspecified atom stereocenters. The molecule has 0 radical (unpaired) electrons. The van der Waals surface area contributed by atoms with Crippen molar-refractivity contribution in [2.45, 2.75) is 25.0 Å². The van der Waals surface area contributed by atoms with E-state index in [4.69, 9.17) is 5.73 Å². The average Bonchev–Trinajstić information content (AvgIpc) is 2.67. The molecule has 9 heteroatoms. The highest BCUT2D eigenvalue weighted by molar-refractivity contribution is 6.28. The molecule has 164 valence electrons. The molecule has 0 aliphatic heterocycles. The Balaban J connectivity index is 1.99. The van der Waals surface area contributed by atoms with E-state index >= 15 is 0 Å². The Morgan fingerprint density at radius 1 is 1.10 bits per heavy atom. The average molecular weight is 428 g/mol. The number of hydrogen-bond acceptors (Lipinski definition) is 8. The van der Waals surface area contributed by atoms with Gasteiger partial charge in [0.15, 0.2) is 11.6 Å². The first-order chi connectivity index (χ1) is 14.5. The largest absolute Gasteiger partial charge is 0.510 e. The summed E-state index contributed by atoms with van der Waals surface area (Å²) in [7, 11) is 3.17. The number of likely N-dealkylation sites (N-methyl/N-ethyl adjacent to an activating group) is 1. The van der Waals surface area contributed by atoms with Gasteiger partial charge in [-0.1, -0.05) is 19.1 Å². The normalized spacial score (nSPS) is 32.7. The number of rotatable bonds is 2. The van der Waals surface area contributed by atoms with Gasteiger partial charge in [0.2, 0.25) is 0 Å². The molecule has 6 N–H and O–H groups in total. The second-order valence-corrected chi connectivity index (χ2v) is 8.63. The van der Waals surface area contributed by atoms with Gasteiger partial charge >= 0.3 is 0 Å². The van der Waals surface area contributed by atoms with Crippen molar-refractivity contribution < 1.29 is 34.8 Å². The fraction of sp³-hybridized carbons (Fsp3) is 0.409. The van der Waals surface area contributed by atoms with E-state index in [0.717, 1.165) is 0 Å². The first kappa shape index (κ1) is 21.1. The molecule has 1 saturated carbocycles. The molecule has 4 rings (SSSR count). The van der Waals surface area contributed by atoms with Gasteiger partial charge in [-0.25, -0.2) is 0 Å². The van der Waals surface area contributed by atoms with Crippen molar-refractivity contribution in [2.75, 3.05) is 14.1 Å². The number of amides is 1. The van der Waals surface area contributed by atoms with E-state index in [1.807, 2.05) is 0 Å². The fourth-order valence-electron chi connectivity index (χ4n) is 5.57.